The van der Waals surface area contributed by atoms with Gasteiger partial charge in [0, 0.05) is 16.8 Å². The van der Waals surface area contributed by atoms with E-state index in [2.05, 4.69) is 41.7 Å². The molecule has 0 saturated heterocycles. The molecule has 176 valence electrons. The number of carboxylic acids is 1. The van der Waals surface area contributed by atoms with Gasteiger partial charge in [0.05, 0.1) is 5.56 Å². The van der Waals surface area contributed by atoms with Gasteiger partial charge in [-0.25, -0.2) is 4.79 Å². The van der Waals surface area contributed by atoms with Crippen LogP contribution in [0, 0.1) is 0 Å². The summed E-state index contributed by atoms with van der Waals surface area (Å²) in [5.41, 5.74) is 4.19. The zero-order chi connectivity index (χ0) is 24.5. The van der Waals surface area contributed by atoms with Crippen LogP contribution in [0.15, 0.2) is 126 Å². The van der Waals surface area contributed by atoms with Crippen LogP contribution in [0.25, 0.3) is 11.3 Å². The number of carboxylic acid groups (broad SMARTS) is 1. The minimum absolute atomic E-state index is 0.231. The fourth-order valence-electron chi connectivity index (χ4n) is 4.84. The number of furan rings is 1. The van der Waals surface area contributed by atoms with Crippen molar-refractivity contribution in [2.24, 2.45) is 0 Å². The third kappa shape index (κ3) is 3.67. The van der Waals surface area contributed by atoms with E-state index in [9.17, 15) is 9.90 Å². The van der Waals surface area contributed by atoms with Gasteiger partial charge in [0.15, 0.2) is 12.0 Å². The molecule has 0 amide bonds. The van der Waals surface area contributed by atoms with Gasteiger partial charge < -0.3 is 19.6 Å². The van der Waals surface area contributed by atoms with E-state index in [1.807, 2.05) is 60.7 Å². The molecule has 0 saturated carbocycles. The molecule has 36 heavy (non-hydrogen) atoms. The molecule has 2 heterocycles. The fourth-order valence-corrected chi connectivity index (χ4v) is 4.84. The van der Waals surface area contributed by atoms with Gasteiger partial charge in [-0.2, -0.15) is 0 Å². The van der Waals surface area contributed by atoms with E-state index in [1.54, 1.807) is 24.3 Å². The van der Waals surface area contributed by atoms with Crippen molar-refractivity contribution in [1.82, 2.24) is 0 Å². The highest BCUT2D eigenvalue weighted by Gasteiger charge is 2.45. The van der Waals surface area contributed by atoms with Crippen LogP contribution in [0.1, 0.15) is 39.0 Å². The lowest BCUT2D eigenvalue weighted by Gasteiger charge is -2.43. The first-order valence-corrected chi connectivity index (χ1v) is 11.7. The van der Waals surface area contributed by atoms with Gasteiger partial charge in [0.2, 0.25) is 0 Å². The quantitative estimate of drug-likeness (QED) is 0.285. The van der Waals surface area contributed by atoms with Crippen LogP contribution in [0.3, 0.4) is 0 Å². The van der Waals surface area contributed by atoms with Crippen molar-refractivity contribution < 1.29 is 19.1 Å². The summed E-state index contributed by atoms with van der Waals surface area (Å²) in [6.07, 6.45) is -0.563. The third-order valence-corrected chi connectivity index (χ3v) is 6.55. The van der Waals surface area contributed by atoms with E-state index < -0.39 is 17.8 Å². The summed E-state index contributed by atoms with van der Waals surface area (Å²) in [5, 5.41) is 12.7. The molecule has 0 bridgehead atoms. The summed E-state index contributed by atoms with van der Waals surface area (Å²) in [5.74, 6) is 0.299. The second kappa shape index (κ2) is 8.87. The summed E-state index contributed by atoms with van der Waals surface area (Å²) in [6.45, 7) is 0. The molecule has 5 nitrogen and oxygen atoms in total. The Bertz CT molecular complexity index is 1470. The van der Waals surface area contributed by atoms with Crippen LogP contribution in [-0.2, 0) is 10.3 Å². The van der Waals surface area contributed by atoms with E-state index in [0.29, 0.717) is 11.5 Å². The number of fused-ring (bicyclic) bond motifs is 1. The van der Waals surface area contributed by atoms with Crippen molar-refractivity contribution in [3.63, 3.8) is 0 Å². The molecule has 0 unspecified atom stereocenters. The average molecular weight is 474 g/mol. The maximum Gasteiger partial charge on any atom is 0.335 e. The van der Waals surface area contributed by atoms with Crippen molar-refractivity contribution in [3.8, 4) is 11.3 Å². The minimum atomic E-state index is -0.960. The lowest BCUT2D eigenvalue weighted by Crippen LogP contribution is -2.40. The SMILES string of the molecule is O=C(O)c1ccc(-c2ccc([C@H]3Nc4ccccc4C(c4ccccc4)(c4ccccc4)O3)o2)cc1. The topological polar surface area (TPSA) is 71.7 Å². The molecule has 1 aliphatic heterocycles. The van der Waals surface area contributed by atoms with Crippen molar-refractivity contribution in [1.29, 1.82) is 0 Å². The first-order valence-electron chi connectivity index (χ1n) is 11.7. The smallest absolute Gasteiger partial charge is 0.335 e. The van der Waals surface area contributed by atoms with Crippen molar-refractivity contribution in [2.75, 3.05) is 5.32 Å². The second-order valence-corrected chi connectivity index (χ2v) is 8.69. The molecule has 0 aliphatic carbocycles. The summed E-state index contributed by atoms with van der Waals surface area (Å²) < 4.78 is 13.2. The Morgan fingerprint density at radius 3 is 1.97 bits per heavy atom. The molecule has 0 spiro atoms. The summed E-state index contributed by atoms with van der Waals surface area (Å²) in [6, 6.07) is 39.0. The molecule has 5 heteroatoms. The molecule has 1 aromatic heterocycles. The van der Waals surface area contributed by atoms with E-state index >= 15 is 0 Å². The Balaban J connectivity index is 1.46. The van der Waals surface area contributed by atoms with Gasteiger partial charge in [-0.05, 0) is 41.5 Å². The second-order valence-electron chi connectivity index (χ2n) is 8.69. The van der Waals surface area contributed by atoms with Crippen LogP contribution in [0.2, 0.25) is 0 Å². The summed E-state index contributed by atoms with van der Waals surface area (Å²) >= 11 is 0. The van der Waals surface area contributed by atoms with Crippen LogP contribution in [-0.4, -0.2) is 11.1 Å². The van der Waals surface area contributed by atoms with Gasteiger partial charge in [-0.15, -0.1) is 0 Å². The van der Waals surface area contributed by atoms with Gasteiger partial charge in [-0.3, -0.25) is 0 Å². The van der Waals surface area contributed by atoms with Crippen molar-refractivity contribution in [3.05, 3.63) is 149 Å². The van der Waals surface area contributed by atoms with Crippen molar-refractivity contribution in [2.45, 2.75) is 11.8 Å². The zero-order valence-corrected chi connectivity index (χ0v) is 19.3. The Morgan fingerprint density at radius 2 is 1.33 bits per heavy atom. The third-order valence-electron chi connectivity index (χ3n) is 6.55. The number of rotatable bonds is 5. The number of hydrogen-bond donors (Lipinski definition) is 2. The Labute approximate surface area is 208 Å². The molecule has 5 aromatic rings. The van der Waals surface area contributed by atoms with Gasteiger partial charge in [-0.1, -0.05) is 91.0 Å². The summed E-state index contributed by atoms with van der Waals surface area (Å²) in [7, 11) is 0. The average Bonchev–Trinajstić information content (AvgIpc) is 3.44. The Morgan fingerprint density at radius 1 is 0.722 bits per heavy atom. The molecule has 1 atom stereocenters. The number of anilines is 1. The number of carbonyl (C=O) groups is 1. The Hall–Kier alpha value is -4.61. The van der Waals surface area contributed by atoms with Crippen molar-refractivity contribution >= 4 is 11.7 Å². The van der Waals surface area contributed by atoms with E-state index in [1.165, 1.54) is 0 Å². The van der Waals surface area contributed by atoms with E-state index in [-0.39, 0.29) is 5.56 Å². The molecule has 6 rings (SSSR count). The van der Waals surface area contributed by atoms with Crippen LogP contribution < -0.4 is 5.32 Å². The standard InChI is InChI=1S/C31H23NO4/c33-30(34)22-17-15-21(16-18-22)27-19-20-28(35-27)29-32-26-14-8-7-13-25(26)31(36-29,23-9-3-1-4-10-23)24-11-5-2-6-12-24/h1-20,29,32H,(H,33,34)/t29-/m0/s1. The minimum Gasteiger partial charge on any atom is -0.478 e. The zero-order valence-electron chi connectivity index (χ0n) is 19.3. The molecule has 2 N–H and O–H groups in total. The fraction of sp³-hybridized carbons (Fsp3) is 0.0645. The van der Waals surface area contributed by atoms with E-state index in [0.717, 1.165) is 27.9 Å². The molecule has 1 aliphatic rings. The Kier molecular flexibility index (Phi) is 5.40. The lowest BCUT2D eigenvalue weighted by molar-refractivity contribution is -0.0518. The molecule has 0 radical (unpaired) electrons. The highest BCUT2D eigenvalue weighted by Crippen LogP contribution is 2.50. The molecular formula is C31H23NO4. The largest absolute Gasteiger partial charge is 0.478 e. The maximum absolute atomic E-state index is 11.2. The highest BCUT2D eigenvalue weighted by atomic mass is 16.5. The van der Waals surface area contributed by atoms with Crippen LogP contribution in [0.5, 0.6) is 0 Å². The highest BCUT2D eigenvalue weighted by molar-refractivity contribution is 5.88. The molecule has 0 fully saturated rings. The maximum atomic E-state index is 11.2. The number of benzene rings is 4. The first-order chi connectivity index (χ1) is 17.6. The normalized spacial score (nSPS) is 16.1. The monoisotopic (exact) mass is 473 g/mol. The lowest BCUT2D eigenvalue weighted by atomic mass is 9.78. The number of ether oxygens (including phenoxy) is 1. The molecular weight excluding hydrogens is 450 g/mol. The first kappa shape index (κ1) is 21.9. The van der Waals surface area contributed by atoms with Gasteiger partial charge >= 0.3 is 5.97 Å². The number of nitrogens with one attached hydrogen (secondary N) is 1. The predicted molar refractivity (Wildman–Crippen MR) is 138 cm³/mol. The predicted octanol–water partition coefficient (Wildman–Crippen LogP) is 7.08. The van der Waals surface area contributed by atoms with Gasteiger partial charge in [0.25, 0.3) is 0 Å². The number of aromatic carboxylic acids is 1. The summed E-state index contributed by atoms with van der Waals surface area (Å²) in [4.78, 5) is 11.2. The number of hydrogen-bond acceptors (Lipinski definition) is 4. The van der Waals surface area contributed by atoms with Crippen LogP contribution in [0.4, 0.5) is 5.69 Å². The molecule has 4 aromatic carbocycles. The van der Waals surface area contributed by atoms with E-state index in [4.69, 9.17) is 9.15 Å². The number of para-hydroxylation sites is 1. The van der Waals surface area contributed by atoms with Gasteiger partial charge in [0.1, 0.15) is 11.4 Å². The van der Waals surface area contributed by atoms with Crippen LogP contribution >= 0.6 is 0 Å².